The van der Waals surface area contributed by atoms with Gasteiger partial charge < -0.3 is 5.32 Å². The molecule has 1 heterocycles. The first kappa shape index (κ1) is 16.9. The first-order valence-corrected chi connectivity index (χ1v) is 8.32. The van der Waals surface area contributed by atoms with Crippen LogP contribution in [-0.4, -0.2) is 28.9 Å². The van der Waals surface area contributed by atoms with Crippen molar-refractivity contribution in [3.8, 4) is 0 Å². The summed E-state index contributed by atoms with van der Waals surface area (Å²) >= 11 is 1.14. The topological polar surface area (TPSA) is 71.5 Å². The van der Waals surface area contributed by atoms with Crippen LogP contribution >= 0.6 is 11.3 Å². The van der Waals surface area contributed by atoms with Gasteiger partial charge in [0, 0.05) is 6.04 Å². The molecule has 1 aromatic heterocycles. The van der Waals surface area contributed by atoms with E-state index in [0.717, 1.165) is 16.4 Å². The Hall–Kier alpha value is -1.47. The van der Waals surface area contributed by atoms with Crippen molar-refractivity contribution in [2.45, 2.75) is 58.6 Å². The van der Waals surface area contributed by atoms with Gasteiger partial charge in [-0.2, -0.15) is 5.06 Å². The highest BCUT2D eigenvalue weighted by atomic mass is 32.1. The molecule has 1 unspecified atom stereocenters. The number of carbonyl (C=O) groups excluding carboxylic acids is 2. The molecule has 2 amide bonds. The van der Waals surface area contributed by atoms with Crippen molar-refractivity contribution in [1.29, 1.82) is 0 Å². The first-order valence-electron chi connectivity index (χ1n) is 7.50. The average Bonchev–Trinajstić information content (AvgIpc) is 2.81. The summed E-state index contributed by atoms with van der Waals surface area (Å²) in [7, 11) is 0. The molecule has 7 heteroatoms. The second-order valence-corrected chi connectivity index (χ2v) is 7.60. The first-order chi connectivity index (χ1) is 10.3. The van der Waals surface area contributed by atoms with Gasteiger partial charge in [0.05, 0.1) is 11.8 Å². The summed E-state index contributed by atoms with van der Waals surface area (Å²) in [4.78, 5) is 33.4. The van der Waals surface area contributed by atoms with Gasteiger partial charge in [0.25, 0.3) is 5.91 Å². The van der Waals surface area contributed by atoms with Crippen molar-refractivity contribution in [2.75, 3.05) is 5.06 Å². The molecule has 0 bridgehead atoms. The SMILES string of the molecule is CC(NC(=O)c1cnc(N(C=O)OC(C)(C)C)s1)C1CCC1. The number of nitrogens with zero attached hydrogens (tertiary/aromatic N) is 2. The van der Waals surface area contributed by atoms with Crippen LogP contribution in [-0.2, 0) is 9.63 Å². The minimum absolute atomic E-state index is 0.148. The van der Waals surface area contributed by atoms with E-state index in [1.807, 2.05) is 27.7 Å². The van der Waals surface area contributed by atoms with Crippen molar-refractivity contribution in [3.05, 3.63) is 11.1 Å². The maximum Gasteiger partial charge on any atom is 0.263 e. The fourth-order valence-electron chi connectivity index (χ4n) is 2.21. The van der Waals surface area contributed by atoms with E-state index < -0.39 is 5.60 Å². The van der Waals surface area contributed by atoms with Gasteiger partial charge in [0.2, 0.25) is 11.5 Å². The molecule has 0 saturated heterocycles. The summed E-state index contributed by atoms with van der Waals surface area (Å²) in [5, 5.41) is 4.42. The highest BCUT2D eigenvalue weighted by molar-refractivity contribution is 7.17. The third-order valence-electron chi connectivity index (χ3n) is 3.59. The third-order valence-corrected chi connectivity index (χ3v) is 4.57. The van der Waals surface area contributed by atoms with E-state index in [1.165, 1.54) is 25.5 Å². The molecular formula is C15H23N3O3S. The molecule has 2 rings (SSSR count). The maximum atomic E-state index is 12.2. The van der Waals surface area contributed by atoms with Crippen LogP contribution in [0.5, 0.6) is 0 Å². The lowest BCUT2D eigenvalue weighted by molar-refractivity contribution is -0.120. The van der Waals surface area contributed by atoms with Crippen molar-refractivity contribution in [3.63, 3.8) is 0 Å². The Labute approximate surface area is 134 Å². The zero-order chi connectivity index (χ0) is 16.3. The van der Waals surface area contributed by atoms with E-state index in [0.29, 0.717) is 22.3 Å². The predicted molar refractivity (Wildman–Crippen MR) is 85.8 cm³/mol. The highest BCUT2D eigenvalue weighted by Crippen LogP contribution is 2.30. The standard InChI is InChI=1S/C15H23N3O3S/c1-10(11-6-5-7-11)17-13(20)12-8-16-14(22-12)18(9-19)21-15(2,3)4/h8-11H,5-7H2,1-4H3,(H,17,20). The largest absolute Gasteiger partial charge is 0.349 e. The van der Waals surface area contributed by atoms with Crippen LogP contribution < -0.4 is 10.4 Å². The van der Waals surface area contributed by atoms with E-state index in [-0.39, 0.29) is 11.9 Å². The maximum absolute atomic E-state index is 12.2. The van der Waals surface area contributed by atoms with Crippen LogP contribution in [0.3, 0.4) is 0 Å². The van der Waals surface area contributed by atoms with Gasteiger partial charge in [0.1, 0.15) is 4.88 Å². The zero-order valence-corrected chi connectivity index (χ0v) is 14.3. The van der Waals surface area contributed by atoms with Crippen molar-refractivity contribution in [1.82, 2.24) is 10.3 Å². The Balaban J connectivity index is 1.99. The number of hydrogen-bond acceptors (Lipinski definition) is 5. The van der Waals surface area contributed by atoms with Crippen LogP contribution in [0.4, 0.5) is 5.13 Å². The second kappa shape index (κ2) is 6.75. The Morgan fingerprint density at radius 2 is 2.23 bits per heavy atom. The molecular weight excluding hydrogens is 302 g/mol. The monoisotopic (exact) mass is 325 g/mol. The quantitative estimate of drug-likeness (QED) is 0.645. The fraction of sp³-hybridized carbons (Fsp3) is 0.667. The van der Waals surface area contributed by atoms with Gasteiger partial charge in [-0.3, -0.25) is 14.4 Å². The van der Waals surface area contributed by atoms with Gasteiger partial charge in [-0.1, -0.05) is 17.8 Å². The van der Waals surface area contributed by atoms with E-state index in [2.05, 4.69) is 10.3 Å². The highest BCUT2D eigenvalue weighted by Gasteiger charge is 2.26. The number of rotatable bonds is 6. The minimum Gasteiger partial charge on any atom is -0.349 e. The van der Waals surface area contributed by atoms with Crippen LogP contribution in [0.1, 0.15) is 56.6 Å². The Morgan fingerprint density at radius 3 is 2.73 bits per heavy atom. The summed E-state index contributed by atoms with van der Waals surface area (Å²) in [6.45, 7) is 7.55. The molecule has 1 fully saturated rings. The molecule has 22 heavy (non-hydrogen) atoms. The number of hydrogen-bond donors (Lipinski definition) is 1. The molecule has 1 aliphatic rings. The Kier molecular flexibility index (Phi) is 5.18. The Morgan fingerprint density at radius 1 is 1.55 bits per heavy atom. The van der Waals surface area contributed by atoms with Gasteiger partial charge >= 0.3 is 0 Å². The van der Waals surface area contributed by atoms with E-state index >= 15 is 0 Å². The van der Waals surface area contributed by atoms with Gasteiger partial charge in [-0.05, 0) is 46.5 Å². The van der Waals surface area contributed by atoms with Gasteiger partial charge in [0.15, 0.2) is 0 Å². The van der Waals surface area contributed by atoms with Crippen molar-refractivity contribution < 1.29 is 14.4 Å². The lowest BCUT2D eigenvalue weighted by Gasteiger charge is -2.31. The average molecular weight is 325 g/mol. The number of aromatic nitrogens is 1. The minimum atomic E-state index is -0.520. The number of thiazole rings is 1. The summed E-state index contributed by atoms with van der Waals surface area (Å²) in [6, 6.07) is 0.166. The zero-order valence-electron chi connectivity index (χ0n) is 13.5. The molecule has 0 aromatic carbocycles. The smallest absolute Gasteiger partial charge is 0.263 e. The molecule has 1 N–H and O–H groups in total. The summed E-state index contributed by atoms with van der Waals surface area (Å²) < 4.78 is 0. The van der Waals surface area contributed by atoms with Gasteiger partial charge in [-0.15, -0.1) is 0 Å². The van der Waals surface area contributed by atoms with Crippen molar-refractivity contribution in [2.24, 2.45) is 5.92 Å². The second-order valence-electron chi connectivity index (χ2n) is 6.60. The number of anilines is 1. The number of amides is 2. The van der Waals surface area contributed by atoms with Crippen molar-refractivity contribution >= 4 is 28.8 Å². The van der Waals surface area contributed by atoms with E-state index in [1.54, 1.807) is 0 Å². The van der Waals surface area contributed by atoms with Gasteiger partial charge in [-0.25, -0.2) is 4.98 Å². The summed E-state index contributed by atoms with van der Waals surface area (Å²) in [5.74, 6) is 0.428. The van der Waals surface area contributed by atoms with Crippen LogP contribution in [0.15, 0.2) is 6.20 Å². The van der Waals surface area contributed by atoms with E-state index in [4.69, 9.17) is 4.84 Å². The fourth-order valence-corrected chi connectivity index (χ4v) is 2.94. The van der Waals surface area contributed by atoms with Crippen LogP contribution in [0.2, 0.25) is 0 Å². The van der Waals surface area contributed by atoms with Crippen LogP contribution in [0.25, 0.3) is 0 Å². The number of nitrogens with one attached hydrogen (secondary N) is 1. The molecule has 122 valence electrons. The molecule has 1 saturated carbocycles. The molecule has 0 spiro atoms. The predicted octanol–water partition coefficient (Wildman–Crippen LogP) is 2.75. The molecule has 1 atom stereocenters. The van der Waals surface area contributed by atoms with Crippen LogP contribution in [0, 0.1) is 5.92 Å². The number of carbonyl (C=O) groups is 2. The lowest BCUT2D eigenvalue weighted by atomic mass is 9.80. The molecule has 0 radical (unpaired) electrons. The lowest BCUT2D eigenvalue weighted by Crippen LogP contribution is -2.40. The molecule has 0 aliphatic heterocycles. The number of hydroxylamine groups is 1. The summed E-state index contributed by atoms with van der Waals surface area (Å²) in [5.41, 5.74) is -0.520. The molecule has 1 aromatic rings. The molecule has 6 nitrogen and oxygen atoms in total. The third kappa shape index (κ3) is 4.27. The molecule has 1 aliphatic carbocycles. The normalized spacial score (nSPS) is 16.7. The van der Waals surface area contributed by atoms with E-state index in [9.17, 15) is 9.59 Å². The Bertz CT molecular complexity index is 534. The summed E-state index contributed by atoms with van der Waals surface area (Å²) in [6.07, 6.45) is 5.63.